The van der Waals surface area contributed by atoms with Gasteiger partial charge in [-0.15, -0.1) is 5.10 Å². The number of rotatable bonds is 4. The van der Waals surface area contributed by atoms with Crippen molar-refractivity contribution in [1.29, 1.82) is 0 Å². The van der Waals surface area contributed by atoms with Crippen molar-refractivity contribution in [1.82, 2.24) is 15.0 Å². The highest BCUT2D eigenvalue weighted by Gasteiger charge is 2.27. The van der Waals surface area contributed by atoms with Crippen molar-refractivity contribution in [2.24, 2.45) is 0 Å². The number of methoxy groups -OCH3 is 1. The molecular formula is C19H17FN4O3. The van der Waals surface area contributed by atoms with Crippen LogP contribution in [0.1, 0.15) is 27.8 Å². The summed E-state index contributed by atoms with van der Waals surface area (Å²) in [6, 6.07) is 14.0. The molecule has 0 radical (unpaired) electrons. The van der Waals surface area contributed by atoms with E-state index in [1.807, 2.05) is 30.3 Å². The lowest BCUT2D eigenvalue weighted by molar-refractivity contribution is -0.00171. The molecule has 0 spiro atoms. The zero-order valence-electron chi connectivity index (χ0n) is 14.6. The quantitative estimate of drug-likeness (QED) is 0.766. The van der Waals surface area contributed by atoms with Gasteiger partial charge in [0.2, 0.25) is 0 Å². The molecule has 0 saturated carbocycles. The van der Waals surface area contributed by atoms with Gasteiger partial charge < -0.3 is 14.8 Å². The summed E-state index contributed by atoms with van der Waals surface area (Å²) >= 11 is 0. The molecule has 2 heterocycles. The highest BCUT2D eigenvalue weighted by Crippen LogP contribution is 2.27. The molecule has 7 nitrogen and oxygen atoms in total. The second kappa shape index (κ2) is 7.16. The van der Waals surface area contributed by atoms with Gasteiger partial charge in [0, 0.05) is 11.8 Å². The molecule has 1 N–H and O–H groups in total. The van der Waals surface area contributed by atoms with Crippen LogP contribution in [0.5, 0.6) is 5.75 Å². The van der Waals surface area contributed by atoms with Crippen LogP contribution in [0, 0.1) is 5.82 Å². The van der Waals surface area contributed by atoms with Crippen LogP contribution in [0.2, 0.25) is 0 Å². The SMILES string of the molecule is COc1ccc(NC(=O)c2nnn3c2COC(c2ccccc2)C3)cc1F. The summed E-state index contributed by atoms with van der Waals surface area (Å²) in [6.07, 6.45) is -0.146. The van der Waals surface area contributed by atoms with E-state index in [1.54, 1.807) is 10.7 Å². The van der Waals surface area contributed by atoms with Gasteiger partial charge in [-0.1, -0.05) is 35.5 Å². The molecular weight excluding hydrogens is 351 g/mol. The summed E-state index contributed by atoms with van der Waals surface area (Å²) in [4.78, 5) is 12.5. The van der Waals surface area contributed by atoms with Crippen LogP contribution in [0.4, 0.5) is 10.1 Å². The van der Waals surface area contributed by atoms with E-state index in [2.05, 4.69) is 15.6 Å². The molecule has 3 aromatic rings. The molecule has 4 rings (SSSR count). The summed E-state index contributed by atoms with van der Waals surface area (Å²) in [5.74, 6) is -0.925. The Kier molecular flexibility index (Phi) is 4.55. The van der Waals surface area contributed by atoms with Gasteiger partial charge in [0.25, 0.3) is 5.91 Å². The first-order valence-corrected chi connectivity index (χ1v) is 8.39. The van der Waals surface area contributed by atoms with Gasteiger partial charge in [-0.3, -0.25) is 4.79 Å². The largest absolute Gasteiger partial charge is 0.494 e. The summed E-state index contributed by atoms with van der Waals surface area (Å²) in [6.45, 7) is 0.684. The Bertz CT molecular complexity index is 974. The third kappa shape index (κ3) is 3.39. The molecule has 27 heavy (non-hydrogen) atoms. The summed E-state index contributed by atoms with van der Waals surface area (Å²) in [7, 11) is 1.38. The summed E-state index contributed by atoms with van der Waals surface area (Å²) in [5.41, 5.74) is 2.10. The number of halogens is 1. The van der Waals surface area contributed by atoms with Crippen LogP contribution in [0.15, 0.2) is 48.5 Å². The number of ether oxygens (including phenoxy) is 2. The van der Waals surface area contributed by atoms with Crippen LogP contribution in [-0.2, 0) is 17.9 Å². The number of carbonyl (C=O) groups is 1. The lowest BCUT2D eigenvalue weighted by Gasteiger charge is -2.24. The van der Waals surface area contributed by atoms with Crippen LogP contribution in [0.25, 0.3) is 0 Å². The van der Waals surface area contributed by atoms with Crippen LogP contribution in [-0.4, -0.2) is 28.0 Å². The van der Waals surface area contributed by atoms with Crippen molar-refractivity contribution < 1.29 is 18.7 Å². The Hall–Kier alpha value is -3.26. The number of hydrogen-bond acceptors (Lipinski definition) is 5. The normalized spacial score (nSPS) is 15.9. The number of amides is 1. The van der Waals surface area contributed by atoms with E-state index in [9.17, 15) is 9.18 Å². The van der Waals surface area contributed by atoms with Crippen molar-refractivity contribution in [3.63, 3.8) is 0 Å². The van der Waals surface area contributed by atoms with Gasteiger partial charge in [0.05, 0.1) is 26.0 Å². The van der Waals surface area contributed by atoms with E-state index < -0.39 is 11.7 Å². The monoisotopic (exact) mass is 368 g/mol. The standard InChI is InChI=1S/C19H17FN4O3/c1-26-16-8-7-13(9-14(16)20)21-19(25)18-15-11-27-17(10-24(15)23-22-18)12-5-3-2-4-6-12/h2-9,17H,10-11H2,1H3,(H,21,25). The minimum atomic E-state index is -0.561. The molecule has 1 aliphatic heterocycles. The lowest BCUT2D eigenvalue weighted by Crippen LogP contribution is -2.24. The molecule has 1 amide bonds. The van der Waals surface area contributed by atoms with E-state index in [0.29, 0.717) is 17.9 Å². The van der Waals surface area contributed by atoms with E-state index in [0.717, 1.165) is 5.56 Å². The number of fused-ring (bicyclic) bond motifs is 1. The van der Waals surface area contributed by atoms with Gasteiger partial charge in [-0.05, 0) is 17.7 Å². The van der Waals surface area contributed by atoms with E-state index in [4.69, 9.17) is 9.47 Å². The fraction of sp³-hybridized carbons (Fsp3) is 0.211. The van der Waals surface area contributed by atoms with Gasteiger partial charge in [-0.25, -0.2) is 9.07 Å². The van der Waals surface area contributed by atoms with Crippen LogP contribution >= 0.6 is 0 Å². The van der Waals surface area contributed by atoms with Crippen molar-refractivity contribution in [2.45, 2.75) is 19.3 Å². The number of carbonyl (C=O) groups excluding carboxylic acids is 1. The minimum Gasteiger partial charge on any atom is -0.494 e. The van der Waals surface area contributed by atoms with Crippen molar-refractivity contribution in [3.05, 3.63) is 71.3 Å². The fourth-order valence-electron chi connectivity index (χ4n) is 2.99. The zero-order valence-corrected chi connectivity index (χ0v) is 14.6. The molecule has 138 valence electrons. The van der Waals surface area contributed by atoms with Gasteiger partial charge in [-0.2, -0.15) is 0 Å². The number of hydrogen-bond donors (Lipinski definition) is 1. The van der Waals surface area contributed by atoms with E-state index in [1.165, 1.54) is 19.2 Å². The van der Waals surface area contributed by atoms with E-state index in [-0.39, 0.29) is 24.2 Å². The molecule has 1 aromatic heterocycles. The third-order valence-electron chi connectivity index (χ3n) is 4.39. The Balaban J connectivity index is 1.51. The van der Waals surface area contributed by atoms with Crippen molar-refractivity contribution in [2.75, 3.05) is 12.4 Å². The summed E-state index contributed by atoms with van der Waals surface area (Å²) < 4.78 is 26.2. The average Bonchev–Trinajstić information content (AvgIpc) is 3.12. The number of benzene rings is 2. The second-order valence-corrected chi connectivity index (χ2v) is 6.08. The first-order valence-electron chi connectivity index (χ1n) is 8.39. The highest BCUT2D eigenvalue weighted by molar-refractivity contribution is 6.03. The lowest BCUT2D eigenvalue weighted by atomic mass is 10.1. The minimum absolute atomic E-state index is 0.106. The zero-order chi connectivity index (χ0) is 18.8. The Morgan fingerprint density at radius 3 is 2.85 bits per heavy atom. The fourth-order valence-corrected chi connectivity index (χ4v) is 2.99. The smallest absolute Gasteiger partial charge is 0.278 e. The molecule has 1 atom stereocenters. The van der Waals surface area contributed by atoms with Gasteiger partial charge in [0.1, 0.15) is 6.10 Å². The predicted molar refractivity (Wildman–Crippen MR) is 94.9 cm³/mol. The second-order valence-electron chi connectivity index (χ2n) is 6.08. The maximum Gasteiger partial charge on any atom is 0.278 e. The van der Waals surface area contributed by atoms with Crippen molar-refractivity contribution in [3.8, 4) is 5.75 Å². The summed E-state index contributed by atoms with van der Waals surface area (Å²) in [5, 5.41) is 10.7. The Morgan fingerprint density at radius 1 is 1.30 bits per heavy atom. The number of nitrogens with zero attached hydrogens (tertiary/aromatic N) is 3. The molecule has 8 heteroatoms. The number of anilines is 1. The van der Waals surface area contributed by atoms with Crippen LogP contribution in [0.3, 0.4) is 0 Å². The first kappa shape index (κ1) is 17.2. The van der Waals surface area contributed by atoms with Gasteiger partial charge >= 0.3 is 0 Å². The Morgan fingerprint density at radius 2 is 2.11 bits per heavy atom. The molecule has 0 saturated heterocycles. The highest BCUT2D eigenvalue weighted by atomic mass is 19.1. The maximum atomic E-state index is 13.8. The molecule has 0 aliphatic carbocycles. The van der Waals surface area contributed by atoms with Crippen molar-refractivity contribution >= 4 is 11.6 Å². The molecule has 1 aliphatic rings. The number of aromatic nitrogens is 3. The molecule has 1 unspecified atom stereocenters. The number of nitrogens with one attached hydrogen (secondary N) is 1. The molecule has 0 fully saturated rings. The predicted octanol–water partition coefficient (Wildman–Crippen LogP) is 2.95. The molecule has 0 bridgehead atoms. The first-order chi connectivity index (χ1) is 13.2. The van der Waals surface area contributed by atoms with E-state index >= 15 is 0 Å². The van der Waals surface area contributed by atoms with Crippen LogP contribution < -0.4 is 10.1 Å². The topological polar surface area (TPSA) is 78.3 Å². The Labute approximate surface area is 154 Å². The van der Waals surface area contributed by atoms with Gasteiger partial charge in [0.15, 0.2) is 17.3 Å². The third-order valence-corrected chi connectivity index (χ3v) is 4.39. The molecule has 2 aromatic carbocycles. The average molecular weight is 368 g/mol. The maximum absolute atomic E-state index is 13.8.